The summed E-state index contributed by atoms with van der Waals surface area (Å²) in [4.78, 5) is 29.0. The number of aromatic nitrogens is 1. The Morgan fingerprint density at radius 2 is 1.68 bits per heavy atom. The Hall–Kier alpha value is -3.09. The predicted octanol–water partition coefficient (Wildman–Crippen LogP) is 6.65. The van der Waals surface area contributed by atoms with Gasteiger partial charge in [0.25, 0.3) is 5.91 Å². The Bertz CT molecular complexity index is 1130. The zero-order chi connectivity index (χ0) is 22.6. The van der Waals surface area contributed by atoms with Gasteiger partial charge in [-0.2, -0.15) is 0 Å². The van der Waals surface area contributed by atoms with E-state index in [2.05, 4.69) is 15.6 Å². The number of ether oxygens (including phenoxy) is 1. The lowest BCUT2D eigenvalue weighted by Crippen LogP contribution is -2.27. The topological polar surface area (TPSA) is 80.3 Å². The molecule has 3 aromatic rings. The molecule has 160 valence electrons. The average molecular weight is 458 g/mol. The number of halogens is 2. The van der Waals surface area contributed by atoms with E-state index in [9.17, 15) is 9.59 Å². The SMILES string of the molecule is CC(C)(C)OC(=O)Nc1cc(-c2ccccc2Cl)ccc1NC(=O)c1cccnc1Cl. The molecule has 0 radical (unpaired) electrons. The van der Waals surface area contributed by atoms with Gasteiger partial charge in [-0.1, -0.05) is 47.5 Å². The summed E-state index contributed by atoms with van der Waals surface area (Å²) >= 11 is 12.4. The van der Waals surface area contributed by atoms with Crippen molar-refractivity contribution in [3.8, 4) is 11.1 Å². The lowest BCUT2D eigenvalue weighted by atomic mass is 10.0. The van der Waals surface area contributed by atoms with Gasteiger partial charge in [0, 0.05) is 16.8 Å². The van der Waals surface area contributed by atoms with E-state index in [-0.39, 0.29) is 10.7 Å². The molecule has 2 N–H and O–H groups in total. The van der Waals surface area contributed by atoms with Crippen LogP contribution in [-0.4, -0.2) is 22.6 Å². The molecule has 2 amide bonds. The molecule has 0 fully saturated rings. The number of benzene rings is 2. The number of pyridine rings is 1. The fourth-order valence-electron chi connectivity index (χ4n) is 2.78. The standard InChI is InChI=1S/C23H21Cl2N3O3/c1-23(2,3)31-22(30)28-19-13-14(15-7-4-5-9-17(15)24)10-11-18(19)27-21(29)16-8-6-12-26-20(16)25/h4-13H,1-3H3,(H,27,29)(H,28,30). The Kier molecular flexibility index (Phi) is 6.83. The van der Waals surface area contributed by atoms with Gasteiger partial charge in [0.15, 0.2) is 0 Å². The van der Waals surface area contributed by atoms with Crippen molar-refractivity contribution in [2.45, 2.75) is 26.4 Å². The molecule has 0 aliphatic carbocycles. The van der Waals surface area contributed by atoms with Crippen molar-refractivity contribution >= 4 is 46.6 Å². The second-order valence-corrected chi connectivity index (χ2v) is 8.43. The molecule has 3 rings (SSSR count). The number of anilines is 2. The average Bonchev–Trinajstić information content (AvgIpc) is 2.68. The molecule has 0 spiro atoms. The van der Waals surface area contributed by atoms with Crippen LogP contribution in [0.15, 0.2) is 60.8 Å². The van der Waals surface area contributed by atoms with Crippen LogP contribution in [0.1, 0.15) is 31.1 Å². The highest BCUT2D eigenvalue weighted by molar-refractivity contribution is 6.33. The van der Waals surface area contributed by atoms with Gasteiger partial charge in [-0.3, -0.25) is 10.1 Å². The molecule has 6 nitrogen and oxygen atoms in total. The van der Waals surface area contributed by atoms with Crippen LogP contribution in [0.5, 0.6) is 0 Å². The Morgan fingerprint density at radius 1 is 0.935 bits per heavy atom. The van der Waals surface area contributed by atoms with Gasteiger partial charge in [-0.05, 0) is 56.7 Å². The molecule has 31 heavy (non-hydrogen) atoms. The first-order valence-corrected chi connectivity index (χ1v) is 10.2. The molecule has 0 unspecified atom stereocenters. The summed E-state index contributed by atoms with van der Waals surface area (Å²) in [6.07, 6.45) is 0.839. The van der Waals surface area contributed by atoms with E-state index in [0.29, 0.717) is 16.4 Å². The van der Waals surface area contributed by atoms with Crippen LogP contribution >= 0.6 is 23.2 Å². The Labute approximate surface area is 190 Å². The Morgan fingerprint density at radius 3 is 2.35 bits per heavy atom. The fourth-order valence-corrected chi connectivity index (χ4v) is 3.23. The van der Waals surface area contributed by atoms with Crippen molar-refractivity contribution in [3.05, 3.63) is 76.5 Å². The molecule has 1 aromatic heterocycles. The van der Waals surface area contributed by atoms with Crippen LogP contribution in [-0.2, 0) is 4.74 Å². The molecule has 1 heterocycles. The third kappa shape index (κ3) is 5.96. The minimum Gasteiger partial charge on any atom is -0.444 e. The van der Waals surface area contributed by atoms with Crippen LogP contribution in [0.25, 0.3) is 11.1 Å². The van der Waals surface area contributed by atoms with E-state index in [1.54, 1.807) is 57.2 Å². The first kappa shape index (κ1) is 22.6. The van der Waals surface area contributed by atoms with Crippen LogP contribution in [0.4, 0.5) is 16.2 Å². The van der Waals surface area contributed by atoms with E-state index in [0.717, 1.165) is 11.1 Å². The van der Waals surface area contributed by atoms with E-state index >= 15 is 0 Å². The van der Waals surface area contributed by atoms with Crippen molar-refractivity contribution in [3.63, 3.8) is 0 Å². The molecule has 0 aliphatic heterocycles. The van der Waals surface area contributed by atoms with Crippen LogP contribution in [0.3, 0.4) is 0 Å². The minimum atomic E-state index is -0.683. The molecular weight excluding hydrogens is 437 g/mol. The van der Waals surface area contributed by atoms with Gasteiger partial charge in [0.05, 0.1) is 16.9 Å². The number of hydrogen-bond acceptors (Lipinski definition) is 4. The highest BCUT2D eigenvalue weighted by atomic mass is 35.5. The molecule has 8 heteroatoms. The highest BCUT2D eigenvalue weighted by Gasteiger charge is 2.19. The van der Waals surface area contributed by atoms with Crippen molar-refractivity contribution in [2.75, 3.05) is 10.6 Å². The molecular formula is C23H21Cl2N3O3. The Balaban J connectivity index is 1.97. The molecule has 0 saturated carbocycles. The van der Waals surface area contributed by atoms with E-state index in [4.69, 9.17) is 27.9 Å². The van der Waals surface area contributed by atoms with Gasteiger partial charge in [0.2, 0.25) is 0 Å². The van der Waals surface area contributed by atoms with Crippen LogP contribution < -0.4 is 10.6 Å². The maximum atomic E-state index is 12.7. The summed E-state index contributed by atoms with van der Waals surface area (Å²) in [6.45, 7) is 5.29. The zero-order valence-electron chi connectivity index (χ0n) is 17.2. The zero-order valence-corrected chi connectivity index (χ0v) is 18.7. The number of carbonyl (C=O) groups excluding carboxylic acids is 2. The third-order valence-electron chi connectivity index (χ3n) is 4.09. The van der Waals surface area contributed by atoms with Crippen LogP contribution in [0.2, 0.25) is 10.2 Å². The van der Waals surface area contributed by atoms with Gasteiger partial charge >= 0.3 is 6.09 Å². The normalized spacial score (nSPS) is 11.0. The molecule has 0 saturated heterocycles. The third-order valence-corrected chi connectivity index (χ3v) is 4.72. The first-order valence-electron chi connectivity index (χ1n) is 9.45. The second kappa shape index (κ2) is 9.37. The number of carbonyl (C=O) groups is 2. The van der Waals surface area contributed by atoms with E-state index < -0.39 is 17.6 Å². The molecule has 0 aliphatic rings. The lowest BCUT2D eigenvalue weighted by molar-refractivity contribution is 0.0635. The lowest BCUT2D eigenvalue weighted by Gasteiger charge is -2.21. The number of amides is 2. The van der Waals surface area contributed by atoms with Crippen molar-refractivity contribution in [2.24, 2.45) is 0 Å². The van der Waals surface area contributed by atoms with Crippen molar-refractivity contribution in [1.29, 1.82) is 0 Å². The summed E-state index contributed by atoms with van der Waals surface area (Å²) in [5.74, 6) is -0.462. The predicted molar refractivity (Wildman–Crippen MR) is 124 cm³/mol. The van der Waals surface area contributed by atoms with E-state index in [1.807, 2.05) is 18.2 Å². The summed E-state index contributed by atoms with van der Waals surface area (Å²) in [7, 11) is 0. The number of nitrogens with one attached hydrogen (secondary N) is 2. The number of rotatable bonds is 4. The highest BCUT2D eigenvalue weighted by Crippen LogP contribution is 2.33. The maximum absolute atomic E-state index is 12.7. The molecule has 0 atom stereocenters. The minimum absolute atomic E-state index is 0.0781. The summed E-state index contributed by atoms with van der Waals surface area (Å²) < 4.78 is 5.35. The van der Waals surface area contributed by atoms with E-state index in [1.165, 1.54) is 6.20 Å². The van der Waals surface area contributed by atoms with Gasteiger partial charge in [0.1, 0.15) is 10.8 Å². The molecule has 2 aromatic carbocycles. The smallest absolute Gasteiger partial charge is 0.412 e. The fraction of sp³-hybridized carbons (Fsp3) is 0.174. The molecule has 0 bridgehead atoms. The largest absolute Gasteiger partial charge is 0.444 e. The number of hydrogen-bond donors (Lipinski definition) is 2. The summed E-state index contributed by atoms with van der Waals surface area (Å²) in [5, 5.41) is 6.10. The van der Waals surface area contributed by atoms with Gasteiger partial charge in [-0.15, -0.1) is 0 Å². The number of nitrogens with zero attached hydrogens (tertiary/aromatic N) is 1. The van der Waals surface area contributed by atoms with Gasteiger partial charge in [-0.25, -0.2) is 9.78 Å². The quantitative estimate of drug-likeness (QED) is 0.429. The van der Waals surface area contributed by atoms with Crippen molar-refractivity contribution < 1.29 is 14.3 Å². The van der Waals surface area contributed by atoms with Gasteiger partial charge < -0.3 is 10.1 Å². The monoisotopic (exact) mass is 457 g/mol. The summed E-state index contributed by atoms with van der Waals surface area (Å²) in [5.41, 5.74) is 1.78. The summed E-state index contributed by atoms with van der Waals surface area (Å²) in [6, 6.07) is 15.7. The first-order chi connectivity index (χ1) is 14.6. The van der Waals surface area contributed by atoms with Crippen molar-refractivity contribution in [1.82, 2.24) is 4.98 Å². The maximum Gasteiger partial charge on any atom is 0.412 e. The second-order valence-electron chi connectivity index (χ2n) is 7.66. The van der Waals surface area contributed by atoms with Crippen LogP contribution in [0, 0.1) is 0 Å².